The van der Waals surface area contributed by atoms with Crippen molar-refractivity contribution in [2.75, 3.05) is 19.6 Å². The summed E-state index contributed by atoms with van der Waals surface area (Å²) in [6, 6.07) is 6.76. The number of pyridine rings is 1. The van der Waals surface area contributed by atoms with Crippen LogP contribution < -0.4 is 5.32 Å². The van der Waals surface area contributed by atoms with Gasteiger partial charge in [-0.2, -0.15) is 0 Å². The molecule has 2 rings (SSSR count). The predicted octanol–water partition coefficient (Wildman–Crippen LogP) is 2.05. The lowest BCUT2D eigenvalue weighted by molar-refractivity contribution is 0.297. The lowest BCUT2D eigenvalue weighted by atomic mass is 10.1. The van der Waals surface area contributed by atoms with Crippen molar-refractivity contribution >= 4 is 0 Å². The molecule has 1 aromatic heterocycles. The van der Waals surface area contributed by atoms with E-state index in [0.717, 1.165) is 12.2 Å². The zero-order valence-corrected chi connectivity index (χ0v) is 10.7. The van der Waals surface area contributed by atoms with E-state index >= 15 is 0 Å². The molecule has 0 aromatic carbocycles. The molecule has 1 unspecified atom stereocenters. The second kappa shape index (κ2) is 6.72. The number of likely N-dealkylation sites (tertiary alicyclic amines) is 1. The van der Waals surface area contributed by atoms with Gasteiger partial charge < -0.3 is 10.2 Å². The Kier molecular flexibility index (Phi) is 4.95. The summed E-state index contributed by atoms with van der Waals surface area (Å²) < 4.78 is 0. The number of hydrogen-bond acceptors (Lipinski definition) is 3. The molecule has 2 heterocycles. The molecule has 3 heteroatoms. The molecule has 94 valence electrons. The van der Waals surface area contributed by atoms with E-state index in [9.17, 15) is 0 Å². The zero-order valence-electron chi connectivity index (χ0n) is 10.7. The van der Waals surface area contributed by atoms with Crippen molar-refractivity contribution in [3.05, 3.63) is 30.1 Å². The van der Waals surface area contributed by atoms with Gasteiger partial charge in [-0.3, -0.25) is 4.98 Å². The topological polar surface area (TPSA) is 28.2 Å². The van der Waals surface area contributed by atoms with Crippen LogP contribution in [0.4, 0.5) is 0 Å². The SMILES string of the molecule is CCN1CCCC(NCc2ccccn2)CC1. The molecule has 1 N–H and O–H groups in total. The molecule has 0 saturated carbocycles. The predicted molar refractivity (Wildman–Crippen MR) is 70.8 cm³/mol. The zero-order chi connectivity index (χ0) is 11.9. The summed E-state index contributed by atoms with van der Waals surface area (Å²) in [7, 11) is 0. The third-order valence-electron chi connectivity index (χ3n) is 3.57. The van der Waals surface area contributed by atoms with Gasteiger partial charge in [-0.15, -0.1) is 0 Å². The normalized spacial score (nSPS) is 22.3. The minimum atomic E-state index is 0.661. The summed E-state index contributed by atoms with van der Waals surface area (Å²) in [5.41, 5.74) is 1.14. The van der Waals surface area contributed by atoms with Gasteiger partial charge in [0.15, 0.2) is 0 Å². The largest absolute Gasteiger partial charge is 0.308 e. The van der Waals surface area contributed by atoms with E-state index in [-0.39, 0.29) is 0 Å². The van der Waals surface area contributed by atoms with Crippen LogP contribution in [0.25, 0.3) is 0 Å². The minimum absolute atomic E-state index is 0.661. The smallest absolute Gasteiger partial charge is 0.0541 e. The van der Waals surface area contributed by atoms with Gasteiger partial charge in [-0.05, 0) is 51.0 Å². The molecular formula is C14H23N3. The second-order valence-corrected chi connectivity index (χ2v) is 4.76. The van der Waals surface area contributed by atoms with E-state index < -0.39 is 0 Å². The van der Waals surface area contributed by atoms with Crippen LogP contribution in [0.2, 0.25) is 0 Å². The Morgan fingerprint density at radius 1 is 1.35 bits per heavy atom. The standard InChI is InChI=1S/C14H23N3/c1-2-17-10-5-7-13(8-11-17)16-12-14-6-3-4-9-15-14/h3-4,6,9,13,16H,2,5,7-8,10-12H2,1H3. The molecule has 0 amide bonds. The fraction of sp³-hybridized carbons (Fsp3) is 0.643. The van der Waals surface area contributed by atoms with Gasteiger partial charge in [-0.25, -0.2) is 0 Å². The van der Waals surface area contributed by atoms with Crippen LogP contribution in [0.15, 0.2) is 24.4 Å². The summed E-state index contributed by atoms with van der Waals surface area (Å²) >= 11 is 0. The molecule has 3 nitrogen and oxygen atoms in total. The average molecular weight is 233 g/mol. The Morgan fingerprint density at radius 2 is 2.29 bits per heavy atom. The van der Waals surface area contributed by atoms with Crippen LogP contribution in [0.3, 0.4) is 0 Å². The highest BCUT2D eigenvalue weighted by Gasteiger charge is 2.15. The number of nitrogens with one attached hydrogen (secondary N) is 1. The van der Waals surface area contributed by atoms with Crippen LogP contribution in [0.5, 0.6) is 0 Å². The monoisotopic (exact) mass is 233 g/mol. The van der Waals surface area contributed by atoms with Crippen LogP contribution in [-0.4, -0.2) is 35.6 Å². The van der Waals surface area contributed by atoms with E-state index in [1.807, 2.05) is 12.3 Å². The molecule has 1 saturated heterocycles. The van der Waals surface area contributed by atoms with Crippen molar-refractivity contribution in [1.82, 2.24) is 15.2 Å². The van der Waals surface area contributed by atoms with E-state index in [1.54, 1.807) is 0 Å². The summed E-state index contributed by atoms with van der Waals surface area (Å²) in [6.45, 7) is 6.83. The first-order valence-electron chi connectivity index (χ1n) is 6.74. The van der Waals surface area contributed by atoms with Crippen LogP contribution >= 0.6 is 0 Å². The fourth-order valence-corrected chi connectivity index (χ4v) is 2.43. The maximum atomic E-state index is 4.34. The van der Waals surface area contributed by atoms with Crippen molar-refractivity contribution in [3.8, 4) is 0 Å². The molecule has 1 atom stereocenters. The molecule has 1 aliphatic rings. The quantitative estimate of drug-likeness (QED) is 0.862. The molecule has 0 aliphatic carbocycles. The molecule has 17 heavy (non-hydrogen) atoms. The maximum Gasteiger partial charge on any atom is 0.0541 e. The molecule has 0 radical (unpaired) electrons. The van der Waals surface area contributed by atoms with Gasteiger partial charge in [0, 0.05) is 18.8 Å². The van der Waals surface area contributed by atoms with E-state index in [2.05, 4.69) is 34.3 Å². The van der Waals surface area contributed by atoms with Gasteiger partial charge in [0.25, 0.3) is 0 Å². The summed E-state index contributed by atoms with van der Waals surface area (Å²) in [5, 5.41) is 3.63. The van der Waals surface area contributed by atoms with Gasteiger partial charge in [-0.1, -0.05) is 13.0 Å². The first-order valence-corrected chi connectivity index (χ1v) is 6.74. The van der Waals surface area contributed by atoms with E-state index in [0.29, 0.717) is 6.04 Å². The van der Waals surface area contributed by atoms with E-state index in [4.69, 9.17) is 0 Å². The average Bonchev–Trinajstić information content (AvgIpc) is 2.62. The summed E-state index contributed by atoms with van der Waals surface area (Å²) in [4.78, 5) is 6.89. The molecule has 1 fully saturated rings. The van der Waals surface area contributed by atoms with Crippen molar-refractivity contribution < 1.29 is 0 Å². The maximum absolute atomic E-state index is 4.34. The van der Waals surface area contributed by atoms with Gasteiger partial charge >= 0.3 is 0 Å². The molecule has 1 aliphatic heterocycles. The summed E-state index contributed by atoms with van der Waals surface area (Å²) in [5.74, 6) is 0. The molecule has 0 spiro atoms. The van der Waals surface area contributed by atoms with E-state index in [1.165, 1.54) is 38.9 Å². The van der Waals surface area contributed by atoms with Gasteiger partial charge in [0.1, 0.15) is 0 Å². The Hall–Kier alpha value is -0.930. The Labute approximate surface area is 104 Å². The van der Waals surface area contributed by atoms with Crippen LogP contribution in [0.1, 0.15) is 31.9 Å². The fourth-order valence-electron chi connectivity index (χ4n) is 2.43. The lowest BCUT2D eigenvalue weighted by Gasteiger charge is -2.18. The van der Waals surface area contributed by atoms with Gasteiger partial charge in [0.05, 0.1) is 5.69 Å². The van der Waals surface area contributed by atoms with Gasteiger partial charge in [0.2, 0.25) is 0 Å². The first kappa shape index (κ1) is 12.5. The first-order chi connectivity index (χ1) is 8.38. The van der Waals surface area contributed by atoms with Crippen molar-refractivity contribution in [2.24, 2.45) is 0 Å². The van der Waals surface area contributed by atoms with Crippen LogP contribution in [0, 0.1) is 0 Å². The number of hydrogen-bond donors (Lipinski definition) is 1. The Morgan fingerprint density at radius 3 is 3.06 bits per heavy atom. The highest BCUT2D eigenvalue weighted by atomic mass is 15.1. The van der Waals surface area contributed by atoms with Crippen molar-refractivity contribution in [3.63, 3.8) is 0 Å². The molecular weight excluding hydrogens is 210 g/mol. The molecule has 0 bridgehead atoms. The lowest BCUT2D eigenvalue weighted by Crippen LogP contribution is -2.30. The van der Waals surface area contributed by atoms with Crippen molar-refractivity contribution in [2.45, 2.75) is 38.8 Å². The molecule has 1 aromatic rings. The second-order valence-electron chi connectivity index (χ2n) is 4.76. The minimum Gasteiger partial charge on any atom is -0.308 e. The Balaban J connectivity index is 1.76. The third-order valence-corrected chi connectivity index (χ3v) is 3.57. The highest BCUT2D eigenvalue weighted by molar-refractivity contribution is 5.03. The number of rotatable bonds is 4. The van der Waals surface area contributed by atoms with Crippen LogP contribution in [-0.2, 0) is 6.54 Å². The summed E-state index contributed by atoms with van der Waals surface area (Å²) in [6.07, 6.45) is 5.74. The Bertz CT molecular complexity index is 313. The number of aromatic nitrogens is 1. The highest BCUT2D eigenvalue weighted by Crippen LogP contribution is 2.11. The number of nitrogens with zero attached hydrogens (tertiary/aromatic N) is 2. The third kappa shape index (κ3) is 4.10. The van der Waals surface area contributed by atoms with Crippen molar-refractivity contribution in [1.29, 1.82) is 0 Å².